The second-order valence-corrected chi connectivity index (χ2v) is 2.69. The normalized spacial score (nSPS) is 29.0. The van der Waals surface area contributed by atoms with Crippen molar-refractivity contribution in [2.75, 3.05) is 0 Å². The quantitative estimate of drug-likeness (QED) is 0.323. The van der Waals surface area contributed by atoms with Gasteiger partial charge in [-0.3, -0.25) is 0 Å². The minimum absolute atomic E-state index is 0.261. The summed E-state index contributed by atoms with van der Waals surface area (Å²) < 4.78 is 5.12. The average Bonchev–Trinajstić information content (AvgIpc) is 2.60. The summed E-state index contributed by atoms with van der Waals surface area (Å²) in [6.07, 6.45) is 4.14. The van der Waals surface area contributed by atoms with Crippen LogP contribution in [0, 0.1) is 11.8 Å². The van der Waals surface area contributed by atoms with Crippen LogP contribution in [0.2, 0.25) is 0 Å². The fourth-order valence-corrected chi connectivity index (χ4v) is 0.775. The summed E-state index contributed by atoms with van der Waals surface area (Å²) in [4.78, 5) is 0. The second-order valence-electron chi connectivity index (χ2n) is 2.69. The predicted octanol–water partition coefficient (Wildman–Crippen LogP) is 1.97. The van der Waals surface area contributed by atoms with Gasteiger partial charge in [0.1, 0.15) is 6.10 Å². The van der Waals surface area contributed by atoms with Gasteiger partial charge in [-0.1, -0.05) is 19.3 Å². The van der Waals surface area contributed by atoms with Gasteiger partial charge < -0.3 is 4.74 Å². The molecule has 0 aromatic heterocycles. The Kier molecular flexibility index (Phi) is 2.77. The Morgan fingerprint density at radius 3 is 2.70 bits per heavy atom. The molecule has 1 fully saturated rings. The molecule has 0 radical (unpaired) electrons. The van der Waals surface area contributed by atoms with Gasteiger partial charge in [0.2, 0.25) is 0 Å². The Balaban J connectivity index is 2.03. The Labute approximate surface area is 62.8 Å². The molecule has 1 heterocycles. The van der Waals surface area contributed by atoms with E-state index in [9.17, 15) is 0 Å². The molecule has 56 valence electrons. The van der Waals surface area contributed by atoms with E-state index in [1.165, 1.54) is 12.8 Å². The molecule has 10 heavy (non-hydrogen) atoms. The Morgan fingerprint density at radius 2 is 2.20 bits per heavy atom. The van der Waals surface area contributed by atoms with E-state index in [1.807, 2.05) is 0 Å². The van der Waals surface area contributed by atoms with Crippen LogP contribution >= 0.6 is 0 Å². The molecule has 0 aliphatic carbocycles. The zero-order valence-electron chi connectivity index (χ0n) is 6.68. The first-order valence-electron chi connectivity index (χ1n) is 3.98. The van der Waals surface area contributed by atoms with E-state index in [1.54, 1.807) is 0 Å². The van der Waals surface area contributed by atoms with Gasteiger partial charge in [-0.25, -0.2) is 0 Å². The number of rotatable bonds is 2. The fraction of sp³-hybridized carbons (Fsp3) is 0.778. The lowest BCUT2D eigenvalue weighted by molar-refractivity contribution is 0.403. The van der Waals surface area contributed by atoms with E-state index in [0.717, 1.165) is 6.42 Å². The lowest BCUT2D eigenvalue weighted by Crippen LogP contribution is -1.81. The van der Waals surface area contributed by atoms with Crippen molar-refractivity contribution in [3.8, 4) is 11.8 Å². The highest BCUT2D eigenvalue weighted by Crippen LogP contribution is 2.19. The van der Waals surface area contributed by atoms with Crippen LogP contribution in [-0.2, 0) is 4.74 Å². The summed E-state index contributed by atoms with van der Waals surface area (Å²) in [7, 11) is 0. The van der Waals surface area contributed by atoms with Crippen LogP contribution in [0.4, 0.5) is 0 Å². The molecule has 0 bridgehead atoms. The third-order valence-corrected chi connectivity index (χ3v) is 1.61. The van der Waals surface area contributed by atoms with Crippen LogP contribution in [0.1, 0.15) is 33.1 Å². The maximum atomic E-state index is 5.12. The molecule has 0 unspecified atom stereocenters. The van der Waals surface area contributed by atoms with Crippen molar-refractivity contribution in [3.63, 3.8) is 0 Å². The van der Waals surface area contributed by atoms with Crippen LogP contribution in [-0.4, -0.2) is 12.2 Å². The Hall–Kier alpha value is -0.480. The van der Waals surface area contributed by atoms with Gasteiger partial charge in [-0.15, -0.1) is 5.92 Å². The molecule has 0 spiro atoms. The number of hydrogen-bond donors (Lipinski definition) is 0. The third kappa shape index (κ3) is 2.41. The van der Waals surface area contributed by atoms with Crippen molar-refractivity contribution in [2.24, 2.45) is 0 Å². The highest BCUT2D eigenvalue weighted by molar-refractivity contribution is 5.12. The van der Waals surface area contributed by atoms with Crippen molar-refractivity contribution < 1.29 is 4.74 Å². The number of epoxide rings is 1. The van der Waals surface area contributed by atoms with Crippen molar-refractivity contribution in [1.82, 2.24) is 0 Å². The summed E-state index contributed by atoms with van der Waals surface area (Å²) in [5.74, 6) is 6.17. The molecular formula is C9H14O. The minimum Gasteiger partial charge on any atom is -0.356 e. The maximum Gasteiger partial charge on any atom is 0.144 e. The zero-order valence-corrected chi connectivity index (χ0v) is 6.68. The van der Waals surface area contributed by atoms with E-state index >= 15 is 0 Å². The molecule has 0 amide bonds. The average molecular weight is 138 g/mol. The SMILES string of the molecule is CCCCC#C[C@H]1O[C@@H]1C. The number of hydrogen-bond acceptors (Lipinski definition) is 1. The summed E-state index contributed by atoms with van der Waals surface area (Å²) in [5, 5.41) is 0. The van der Waals surface area contributed by atoms with Gasteiger partial charge >= 0.3 is 0 Å². The van der Waals surface area contributed by atoms with Crippen molar-refractivity contribution >= 4 is 0 Å². The van der Waals surface area contributed by atoms with E-state index in [4.69, 9.17) is 4.74 Å². The van der Waals surface area contributed by atoms with Crippen LogP contribution < -0.4 is 0 Å². The zero-order chi connectivity index (χ0) is 7.40. The highest BCUT2D eigenvalue weighted by Gasteiger charge is 2.31. The maximum absolute atomic E-state index is 5.12. The largest absolute Gasteiger partial charge is 0.356 e. The van der Waals surface area contributed by atoms with E-state index < -0.39 is 0 Å². The molecule has 0 saturated carbocycles. The van der Waals surface area contributed by atoms with Crippen molar-refractivity contribution in [2.45, 2.75) is 45.3 Å². The second kappa shape index (κ2) is 3.63. The van der Waals surface area contributed by atoms with E-state index in [0.29, 0.717) is 6.10 Å². The summed E-state index contributed by atoms with van der Waals surface area (Å²) in [6.45, 7) is 4.23. The number of unbranched alkanes of at least 4 members (excludes halogenated alkanes) is 2. The predicted molar refractivity (Wildman–Crippen MR) is 41.6 cm³/mol. The van der Waals surface area contributed by atoms with Gasteiger partial charge in [-0.2, -0.15) is 0 Å². The molecule has 0 aromatic rings. The van der Waals surface area contributed by atoms with E-state index in [2.05, 4.69) is 25.7 Å². The molecule has 1 aliphatic heterocycles. The van der Waals surface area contributed by atoms with Crippen LogP contribution in [0.15, 0.2) is 0 Å². The molecule has 0 aromatic carbocycles. The molecule has 0 N–H and O–H groups in total. The Bertz CT molecular complexity index is 152. The molecular weight excluding hydrogens is 124 g/mol. The smallest absolute Gasteiger partial charge is 0.144 e. The van der Waals surface area contributed by atoms with Crippen molar-refractivity contribution in [3.05, 3.63) is 0 Å². The topological polar surface area (TPSA) is 12.5 Å². The molecule has 1 aliphatic rings. The van der Waals surface area contributed by atoms with Gasteiger partial charge in [0.05, 0.1) is 6.10 Å². The van der Waals surface area contributed by atoms with Gasteiger partial charge in [0, 0.05) is 6.42 Å². The first-order chi connectivity index (χ1) is 4.84. The molecule has 1 nitrogen and oxygen atoms in total. The summed E-state index contributed by atoms with van der Waals surface area (Å²) in [5.41, 5.74) is 0. The van der Waals surface area contributed by atoms with Gasteiger partial charge in [0.25, 0.3) is 0 Å². The Morgan fingerprint density at radius 1 is 1.50 bits per heavy atom. The lowest BCUT2D eigenvalue weighted by atomic mass is 10.2. The molecule has 1 rings (SSSR count). The highest BCUT2D eigenvalue weighted by atomic mass is 16.6. The van der Waals surface area contributed by atoms with Gasteiger partial charge in [0.15, 0.2) is 0 Å². The van der Waals surface area contributed by atoms with Crippen LogP contribution in [0.25, 0.3) is 0 Å². The molecule has 2 atom stereocenters. The summed E-state index contributed by atoms with van der Waals surface area (Å²) >= 11 is 0. The van der Waals surface area contributed by atoms with E-state index in [-0.39, 0.29) is 6.10 Å². The molecule has 1 saturated heterocycles. The third-order valence-electron chi connectivity index (χ3n) is 1.61. The first-order valence-corrected chi connectivity index (χ1v) is 3.98. The standard InChI is InChI=1S/C9H14O/c1-3-4-5-6-7-9-8(2)10-9/h8-9H,3-5H2,1-2H3/t8-,9-/m1/s1. The molecule has 1 heteroatoms. The van der Waals surface area contributed by atoms with Crippen LogP contribution in [0.5, 0.6) is 0 Å². The fourth-order valence-electron chi connectivity index (χ4n) is 0.775. The van der Waals surface area contributed by atoms with Gasteiger partial charge in [-0.05, 0) is 13.3 Å². The lowest BCUT2D eigenvalue weighted by Gasteiger charge is -1.82. The summed E-state index contributed by atoms with van der Waals surface area (Å²) in [6, 6.07) is 0. The number of ether oxygens (including phenoxy) is 1. The van der Waals surface area contributed by atoms with Crippen molar-refractivity contribution in [1.29, 1.82) is 0 Å². The monoisotopic (exact) mass is 138 g/mol. The minimum atomic E-state index is 0.261. The first kappa shape index (κ1) is 7.63. The van der Waals surface area contributed by atoms with Crippen LogP contribution in [0.3, 0.4) is 0 Å².